The second-order valence-electron chi connectivity index (χ2n) is 9.20. The van der Waals surface area contributed by atoms with Crippen molar-refractivity contribution < 1.29 is 45.0 Å². The minimum absolute atomic E-state index is 0.0199. The van der Waals surface area contributed by atoms with Gasteiger partial charge in [-0.05, 0) is 72.1 Å². The number of alkyl halides is 3. The van der Waals surface area contributed by atoms with Gasteiger partial charge in [-0.2, -0.15) is 13.5 Å². The molecule has 0 saturated carbocycles. The molecule has 0 aliphatic heterocycles. The van der Waals surface area contributed by atoms with E-state index in [0.29, 0.717) is 39.2 Å². The Hall–Kier alpha value is -5.15. The number of aliphatic hydroxyl groups excluding tert-OH is 1. The Bertz CT molecular complexity index is 1840. The Kier molecular flexibility index (Phi) is 9.40. The number of nitrogens with two attached hydrogens (primary N) is 1. The number of carbonyl (C=O) groups excluding carboxylic acids is 1. The molecule has 44 heavy (non-hydrogen) atoms. The fraction of sp³-hybridized carbons (Fsp3) is 0.138. The minimum atomic E-state index is -4.84. The number of oxazole rings is 1. The van der Waals surface area contributed by atoms with Crippen LogP contribution in [0.4, 0.5) is 17.6 Å². The number of aromatic nitrogens is 3. The number of nitrogens with zero attached hydrogens (tertiary/aromatic N) is 3. The van der Waals surface area contributed by atoms with Crippen molar-refractivity contribution in [2.75, 3.05) is 0 Å². The van der Waals surface area contributed by atoms with Crippen molar-refractivity contribution in [2.45, 2.75) is 26.8 Å². The quantitative estimate of drug-likeness (QED) is 0.226. The van der Waals surface area contributed by atoms with Crippen LogP contribution in [0, 0.1) is 19.7 Å². The maximum absolute atomic E-state index is 14.7. The average Bonchev–Trinajstić information content (AvgIpc) is 3.60. The predicted octanol–water partition coefficient (Wildman–Crippen LogP) is 5.44. The van der Waals surface area contributed by atoms with Gasteiger partial charge in [0.1, 0.15) is 23.0 Å². The molecule has 2 aromatic heterocycles. The number of hydrogen-bond donors (Lipinski definition) is 2. The van der Waals surface area contributed by atoms with Gasteiger partial charge in [0.2, 0.25) is 0 Å². The number of primary amides is 1. The highest BCUT2D eigenvalue weighted by Gasteiger charge is 2.31. The highest BCUT2D eigenvalue weighted by molar-refractivity contribution is 7.51. The Morgan fingerprint density at radius 2 is 1.68 bits per heavy atom. The van der Waals surface area contributed by atoms with Gasteiger partial charge in [0.15, 0.2) is 11.7 Å². The van der Waals surface area contributed by atoms with E-state index in [-0.39, 0.29) is 22.9 Å². The van der Waals surface area contributed by atoms with Gasteiger partial charge in [-0.25, -0.2) is 14.1 Å². The number of hydrogen-bond acceptors (Lipinski definition) is 8. The smallest absolute Gasteiger partial charge is 0.440 e. The van der Waals surface area contributed by atoms with Crippen molar-refractivity contribution in [3.05, 3.63) is 95.4 Å². The maximum atomic E-state index is 14.7. The first kappa shape index (κ1) is 31.8. The van der Waals surface area contributed by atoms with Crippen molar-refractivity contribution in [3.8, 4) is 45.1 Å². The van der Waals surface area contributed by atoms with Crippen molar-refractivity contribution in [1.82, 2.24) is 14.8 Å². The molecular formula is C29H22F4N4O6S. The number of rotatable bonds is 7. The summed E-state index contributed by atoms with van der Waals surface area (Å²) in [4.78, 5) is 16.2. The van der Waals surface area contributed by atoms with Crippen LogP contribution in [0.25, 0.3) is 39.4 Å². The predicted molar refractivity (Wildman–Crippen MR) is 149 cm³/mol. The summed E-state index contributed by atoms with van der Waals surface area (Å²) in [5.74, 6) is -1.17. The summed E-state index contributed by atoms with van der Waals surface area (Å²) in [5.41, 5.74) is 8.92. The Morgan fingerprint density at radius 1 is 1.02 bits per heavy atom. The van der Waals surface area contributed by atoms with Crippen LogP contribution >= 0.6 is 0 Å². The number of amides is 1. The summed E-state index contributed by atoms with van der Waals surface area (Å²) in [6.07, 6.45) is -3.31. The molecule has 0 unspecified atom stereocenters. The number of carbonyl (C=O) groups is 1. The number of aryl methyl sites for hydroxylation is 2. The molecule has 228 valence electrons. The van der Waals surface area contributed by atoms with Crippen molar-refractivity contribution in [3.63, 3.8) is 0 Å². The van der Waals surface area contributed by atoms with Crippen LogP contribution in [0.3, 0.4) is 0 Å². The number of aliphatic hydroxyl groups is 1. The third kappa shape index (κ3) is 7.07. The standard InChI is InChI=1S/C29H22F4N4O4.O2S/c1-15-11-19(13-23(30)22(15)14-38)18-5-8-25(37-10-9-24(36-37)28(34)39)21(12-18)27-26(35-16(2)40-27)17-3-6-20(7-4-17)41-29(31,32)33;1-3-2/h3-13,38H,14H2,1-2H3,(H2,34,39);. The van der Waals surface area contributed by atoms with Crippen LogP contribution < -0.4 is 10.5 Å². The van der Waals surface area contributed by atoms with Crippen LogP contribution in [0.15, 0.2) is 71.3 Å². The Balaban J connectivity index is 0.00000141. The molecule has 0 aliphatic carbocycles. The molecule has 0 spiro atoms. The van der Waals surface area contributed by atoms with Crippen LogP contribution in [-0.4, -0.2) is 40.6 Å². The van der Waals surface area contributed by atoms with Gasteiger partial charge < -0.3 is 20.0 Å². The lowest BCUT2D eigenvalue weighted by molar-refractivity contribution is -0.274. The van der Waals surface area contributed by atoms with Gasteiger partial charge in [-0.15, -0.1) is 13.2 Å². The summed E-state index contributed by atoms with van der Waals surface area (Å²) in [5, 5.41) is 13.7. The summed E-state index contributed by atoms with van der Waals surface area (Å²) in [6, 6.07) is 14.8. The largest absolute Gasteiger partial charge is 0.573 e. The Morgan fingerprint density at radius 3 is 2.25 bits per heavy atom. The fourth-order valence-corrected chi connectivity index (χ4v) is 4.45. The van der Waals surface area contributed by atoms with E-state index >= 15 is 0 Å². The summed E-state index contributed by atoms with van der Waals surface area (Å²) in [7, 11) is 0. The topological polar surface area (TPSA) is 151 Å². The third-order valence-corrected chi connectivity index (χ3v) is 6.33. The monoisotopic (exact) mass is 630 g/mol. The molecule has 15 heteroatoms. The van der Waals surface area contributed by atoms with Gasteiger partial charge in [0.05, 0.1) is 12.3 Å². The molecule has 0 radical (unpaired) electrons. The summed E-state index contributed by atoms with van der Waals surface area (Å²) in [6.45, 7) is 2.85. The lowest BCUT2D eigenvalue weighted by Gasteiger charge is -2.14. The molecular weight excluding hydrogens is 608 g/mol. The lowest BCUT2D eigenvalue weighted by Crippen LogP contribution is -2.16. The van der Waals surface area contributed by atoms with Crippen LogP contribution in [0.5, 0.6) is 5.75 Å². The highest BCUT2D eigenvalue weighted by Crippen LogP contribution is 2.39. The van der Waals surface area contributed by atoms with Crippen molar-refractivity contribution in [2.24, 2.45) is 5.73 Å². The first-order valence-corrected chi connectivity index (χ1v) is 13.2. The second-order valence-corrected chi connectivity index (χ2v) is 9.34. The summed E-state index contributed by atoms with van der Waals surface area (Å²) < 4.78 is 80.7. The van der Waals surface area contributed by atoms with E-state index in [4.69, 9.17) is 18.6 Å². The molecule has 3 aromatic carbocycles. The second kappa shape index (κ2) is 13.0. The average molecular weight is 631 g/mol. The number of halogens is 4. The lowest BCUT2D eigenvalue weighted by atomic mass is 9.96. The van der Waals surface area contributed by atoms with Gasteiger partial charge >= 0.3 is 17.9 Å². The molecule has 0 aliphatic rings. The first-order valence-electron chi connectivity index (χ1n) is 12.5. The normalized spacial score (nSPS) is 11.1. The van der Waals surface area contributed by atoms with E-state index in [0.717, 1.165) is 12.1 Å². The molecule has 2 heterocycles. The van der Waals surface area contributed by atoms with Crippen LogP contribution in [0.2, 0.25) is 0 Å². The number of ether oxygens (including phenoxy) is 1. The van der Waals surface area contributed by atoms with Gasteiger partial charge in [0, 0.05) is 29.8 Å². The SMILES string of the molecule is Cc1nc(-c2ccc(OC(F)(F)F)cc2)c(-c2cc(-c3cc(C)c(CO)c(F)c3)ccc2-n2ccc(C(N)=O)n2)o1.O=S=O. The van der Waals surface area contributed by atoms with E-state index < -0.39 is 42.0 Å². The number of benzene rings is 3. The highest BCUT2D eigenvalue weighted by atomic mass is 32.1. The zero-order valence-corrected chi connectivity index (χ0v) is 23.7. The zero-order chi connectivity index (χ0) is 32.2. The molecule has 0 saturated heterocycles. The molecule has 0 bridgehead atoms. The van der Waals surface area contributed by atoms with Gasteiger partial charge in [-0.3, -0.25) is 4.79 Å². The van der Waals surface area contributed by atoms with Gasteiger partial charge in [-0.1, -0.05) is 12.1 Å². The molecule has 5 aromatic rings. The molecule has 1 amide bonds. The minimum Gasteiger partial charge on any atom is -0.440 e. The van der Waals surface area contributed by atoms with Crippen molar-refractivity contribution in [1.29, 1.82) is 0 Å². The molecule has 0 fully saturated rings. The van der Waals surface area contributed by atoms with Gasteiger partial charge in [0.25, 0.3) is 5.91 Å². The van der Waals surface area contributed by atoms with E-state index in [9.17, 15) is 27.5 Å². The molecule has 10 nitrogen and oxygen atoms in total. The third-order valence-electron chi connectivity index (χ3n) is 6.33. The Labute approximate surface area is 250 Å². The van der Waals surface area contributed by atoms with E-state index in [1.54, 1.807) is 38.1 Å². The molecule has 3 N–H and O–H groups in total. The molecule has 5 rings (SSSR count). The van der Waals surface area contributed by atoms with E-state index in [1.807, 2.05) is 0 Å². The van der Waals surface area contributed by atoms with Crippen molar-refractivity contribution >= 4 is 17.5 Å². The first-order chi connectivity index (χ1) is 20.8. The van der Waals surface area contributed by atoms with E-state index in [1.165, 1.54) is 35.1 Å². The van der Waals surface area contributed by atoms with Crippen LogP contribution in [0.1, 0.15) is 27.5 Å². The maximum Gasteiger partial charge on any atom is 0.573 e. The summed E-state index contributed by atoms with van der Waals surface area (Å²) >= 11 is -0.750. The fourth-order valence-electron chi connectivity index (χ4n) is 4.45. The van der Waals surface area contributed by atoms with Crippen LogP contribution in [-0.2, 0) is 18.2 Å². The van der Waals surface area contributed by atoms with E-state index in [2.05, 4.69) is 14.8 Å². The molecule has 0 atom stereocenters. The zero-order valence-electron chi connectivity index (χ0n) is 22.9.